The first-order valence-corrected chi connectivity index (χ1v) is 10.9. The van der Waals surface area contributed by atoms with Crippen LogP contribution in [-0.2, 0) is 0 Å². The Labute approximate surface area is 173 Å². The SMILES string of the molecule is C[C@@H]1CCCCN1C(=O)c1nn2c(c1Br)N[C@H](c1cccs1)C[C@H]2C(F)(F)F. The molecule has 5 nitrogen and oxygen atoms in total. The van der Waals surface area contributed by atoms with Gasteiger partial charge < -0.3 is 10.2 Å². The fourth-order valence-electron chi connectivity index (χ4n) is 3.94. The number of nitrogens with one attached hydrogen (secondary N) is 1. The predicted octanol–water partition coefficient (Wildman–Crippen LogP) is 5.38. The zero-order valence-corrected chi connectivity index (χ0v) is 17.6. The average molecular weight is 477 g/mol. The summed E-state index contributed by atoms with van der Waals surface area (Å²) in [6, 6.07) is 1.42. The first-order chi connectivity index (χ1) is 13.3. The van der Waals surface area contributed by atoms with E-state index in [9.17, 15) is 18.0 Å². The number of carbonyl (C=O) groups excluding carboxylic acids is 1. The molecule has 2 aromatic rings. The van der Waals surface area contributed by atoms with Crippen molar-refractivity contribution in [3.05, 3.63) is 32.6 Å². The van der Waals surface area contributed by atoms with E-state index in [-0.39, 0.29) is 29.9 Å². The zero-order valence-electron chi connectivity index (χ0n) is 15.2. The predicted molar refractivity (Wildman–Crippen MR) is 105 cm³/mol. The molecule has 28 heavy (non-hydrogen) atoms. The molecule has 2 aromatic heterocycles. The van der Waals surface area contributed by atoms with Gasteiger partial charge in [0.1, 0.15) is 5.82 Å². The van der Waals surface area contributed by atoms with Crippen molar-refractivity contribution in [3.63, 3.8) is 0 Å². The molecule has 1 amide bonds. The number of carbonyl (C=O) groups is 1. The maximum absolute atomic E-state index is 13.8. The highest BCUT2D eigenvalue weighted by Crippen LogP contribution is 2.47. The molecular weight excluding hydrogens is 457 g/mol. The fraction of sp³-hybridized carbons (Fsp3) is 0.556. The largest absolute Gasteiger partial charge is 0.410 e. The Bertz CT molecular complexity index is 867. The van der Waals surface area contributed by atoms with Crippen molar-refractivity contribution < 1.29 is 18.0 Å². The lowest BCUT2D eigenvalue weighted by molar-refractivity contribution is -0.173. The number of hydrogen-bond donors (Lipinski definition) is 1. The Morgan fingerprint density at radius 2 is 2.18 bits per heavy atom. The number of piperidine rings is 1. The van der Waals surface area contributed by atoms with Crippen LogP contribution >= 0.6 is 27.3 Å². The minimum Gasteiger partial charge on any atom is -0.362 e. The van der Waals surface area contributed by atoms with Gasteiger partial charge in [0.2, 0.25) is 0 Å². The average Bonchev–Trinajstić information content (AvgIpc) is 3.29. The number of halogens is 4. The minimum atomic E-state index is -4.46. The van der Waals surface area contributed by atoms with E-state index in [1.54, 1.807) is 4.90 Å². The van der Waals surface area contributed by atoms with Crippen molar-refractivity contribution in [2.24, 2.45) is 0 Å². The summed E-state index contributed by atoms with van der Waals surface area (Å²) >= 11 is 4.76. The molecule has 3 atom stereocenters. The highest BCUT2D eigenvalue weighted by molar-refractivity contribution is 9.10. The number of aromatic nitrogens is 2. The van der Waals surface area contributed by atoms with Gasteiger partial charge in [-0.05, 0) is 53.6 Å². The fourth-order valence-corrected chi connectivity index (χ4v) is 5.27. The summed E-state index contributed by atoms with van der Waals surface area (Å²) in [4.78, 5) is 15.6. The molecule has 2 aliphatic rings. The number of anilines is 1. The molecule has 0 radical (unpaired) electrons. The van der Waals surface area contributed by atoms with Crippen molar-refractivity contribution in [2.45, 2.75) is 56.9 Å². The summed E-state index contributed by atoms with van der Waals surface area (Å²) in [6.45, 7) is 2.56. The molecule has 1 fully saturated rings. The van der Waals surface area contributed by atoms with Gasteiger partial charge in [-0.2, -0.15) is 18.3 Å². The lowest BCUT2D eigenvalue weighted by atomic mass is 10.0. The van der Waals surface area contributed by atoms with Crippen molar-refractivity contribution >= 4 is 39.0 Å². The van der Waals surface area contributed by atoms with Crippen LogP contribution in [0.2, 0.25) is 0 Å². The third-order valence-corrected chi connectivity index (χ3v) is 7.19. The third-order valence-electron chi connectivity index (χ3n) is 5.45. The third kappa shape index (κ3) is 3.45. The number of rotatable bonds is 2. The van der Waals surface area contributed by atoms with Gasteiger partial charge in [0.15, 0.2) is 11.7 Å². The van der Waals surface area contributed by atoms with Crippen LogP contribution in [0.3, 0.4) is 0 Å². The summed E-state index contributed by atoms with van der Waals surface area (Å²) in [5, 5.41) is 9.12. The van der Waals surface area contributed by atoms with E-state index in [1.807, 2.05) is 24.4 Å². The molecule has 4 rings (SSSR count). The maximum atomic E-state index is 13.8. The molecular formula is C18H20BrF3N4OS. The van der Waals surface area contributed by atoms with Crippen LogP contribution in [0.1, 0.15) is 60.1 Å². The highest BCUT2D eigenvalue weighted by atomic mass is 79.9. The number of thiophene rings is 1. The molecule has 1 saturated heterocycles. The Morgan fingerprint density at radius 3 is 2.82 bits per heavy atom. The summed E-state index contributed by atoms with van der Waals surface area (Å²) in [7, 11) is 0. The number of alkyl halides is 3. The second-order valence-corrected chi connectivity index (χ2v) is 9.08. The van der Waals surface area contributed by atoms with E-state index in [1.165, 1.54) is 11.3 Å². The second-order valence-electron chi connectivity index (χ2n) is 7.30. The Balaban J connectivity index is 1.73. The van der Waals surface area contributed by atoms with E-state index >= 15 is 0 Å². The smallest absolute Gasteiger partial charge is 0.362 e. The number of amides is 1. The van der Waals surface area contributed by atoms with Crippen LogP contribution in [0.5, 0.6) is 0 Å². The van der Waals surface area contributed by atoms with Crippen molar-refractivity contribution in [3.8, 4) is 0 Å². The Hall–Kier alpha value is -1.55. The van der Waals surface area contributed by atoms with Crippen molar-refractivity contribution in [2.75, 3.05) is 11.9 Å². The molecule has 0 aliphatic carbocycles. The molecule has 152 valence electrons. The topological polar surface area (TPSA) is 50.2 Å². The minimum absolute atomic E-state index is 0.0392. The van der Waals surface area contributed by atoms with E-state index < -0.39 is 18.3 Å². The zero-order chi connectivity index (χ0) is 20.1. The second kappa shape index (κ2) is 7.37. The van der Waals surface area contributed by atoms with Crippen LogP contribution in [0.4, 0.5) is 19.0 Å². The van der Waals surface area contributed by atoms with Crippen LogP contribution in [0, 0.1) is 0 Å². The van der Waals surface area contributed by atoms with E-state index in [0.29, 0.717) is 11.0 Å². The lowest BCUT2D eigenvalue weighted by Crippen LogP contribution is -2.42. The summed E-state index contributed by atoms with van der Waals surface area (Å²) in [5.41, 5.74) is 0.0392. The molecule has 2 aliphatic heterocycles. The number of nitrogens with zero attached hydrogens (tertiary/aromatic N) is 3. The molecule has 0 aromatic carbocycles. The van der Waals surface area contributed by atoms with Gasteiger partial charge in [0.25, 0.3) is 5.91 Å². The van der Waals surface area contributed by atoms with Gasteiger partial charge in [-0.25, -0.2) is 4.68 Å². The summed E-state index contributed by atoms with van der Waals surface area (Å²) in [5.74, 6) is -0.114. The van der Waals surface area contributed by atoms with Gasteiger partial charge in [-0.1, -0.05) is 6.07 Å². The van der Waals surface area contributed by atoms with Crippen LogP contribution in [-0.4, -0.2) is 39.4 Å². The quantitative estimate of drug-likeness (QED) is 0.632. The molecule has 4 heterocycles. The summed E-state index contributed by atoms with van der Waals surface area (Å²) in [6.07, 6.45) is -1.80. The van der Waals surface area contributed by atoms with Gasteiger partial charge in [0.05, 0.1) is 10.5 Å². The van der Waals surface area contributed by atoms with Crippen LogP contribution in [0.15, 0.2) is 22.0 Å². The van der Waals surface area contributed by atoms with Crippen LogP contribution in [0.25, 0.3) is 0 Å². The van der Waals surface area contributed by atoms with Crippen LogP contribution < -0.4 is 5.32 Å². The Kier molecular flexibility index (Phi) is 5.20. The maximum Gasteiger partial charge on any atom is 0.410 e. The highest BCUT2D eigenvalue weighted by Gasteiger charge is 2.48. The van der Waals surface area contributed by atoms with Gasteiger partial charge in [0, 0.05) is 23.9 Å². The Morgan fingerprint density at radius 1 is 1.39 bits per heavy atom. The summed E-state index contributed by atoms with van der Waals surface area (Å²) < 4.78 is 42.6. The molecule has 0 spiro atoms. The van der Waals surface area contributed by atoms with E-state index in [0.717, 1.165) is 28.8 Å². The first kappa shape index (κ1) is 19.8. The molecule has 0 bridgehead atoms. The van der Waals surface area contributed by atoms with Crippen molar-refractivity contribution in [1.29, 1.82) is 0 Å². The van der Waals surface area contributed by atoms with E-state index in [4.69, 9.17) is 0 Å². The van der Waals surface area contributed by atoms with E-state index in [2.05, 4.69) is 26.3 Å². The monoisotopic (exact) mass is 476 g/mol. The number of likely N-dealkylation sites (tertiary alicyclic amines) is 1. The normalized spacial score (nSPS) is 25.3. The van der Waals surface area contributed by atoms with Crippen molar-refractivity contribution in [1.82, 2.24) is 14.7 Å². The number of hydrogen-bond acceptors (Lipinski definition) is 4. The van der Waals surface area contributed by atoms with Gasteiger partial charge >= 0.3 is 6.18 Å². The lowest BCUT2D eigenvalue weighted by Gasteiger charge is -2.33. The molecule has 0 saturated carbocycles. The first-order valence-electron chi connectivity index (χ1n) is 9.23. The van der Waals surface area contributed by atoms with Gasteiger partial charge in [-0.15, -0.1) is 11.3 Å². The van der Waals surface area contributed by atoms with Gasteiger partial charge in [-0.3, -0.25) is 4.79 Å². The molecule has 1 N–H and O–H groups in total. The number of fused-ring (bicyclic) bond motifs is 1. The standard InChI is InChI=1S/C18H20BrF3N4OS/c1-10-5-2-3-7-25(10)17(27)15-14(19)16-23-11(12-6-4-8-28-12)9-13(18(20,21)22)26(16)24-15/h4,6,8,10-11,13,23H,2-3,5,7,9H2,1H3/t10-,11+,13+/m1/s1. The molecule has 10 heteroatoms. The molecule has 0 unspecified atom stereocenters.